The lowest BCUT2D eigenvalue weighted by atomic mass is 10.2. The Labute approximate surface area is 165 Å². The molecule has 0 amide bonds. The average Bonchev–Trinajstić information content (AvgIpc) is 3.18. The van der Waals surface area contributed by atoms with Gasteiger partial charge >= 0.3 is 5.97 Å². The Balaban J connectivity index is 1.93. The van der Waals surface area contributed by atoms with Gasteiger partial charge in [-0.15, -0.1) is 0 Å². The van der Waals surface area contributed by atoms with E-state index in [0.717, 1.165) is 36.4 Å². The van der Waals surface area contributed by atoms with Crippen LogP contribution in [0.1, 0.15) is 32.1 Å². The van der Waals surface area contributed by atoms with Crippen molar-refractivity contribution in [2.45, 2.75) is 38.1 Å². The molecule has 1 aliphatic rings. The SMILES string of the molecule is O=C(O)CCN(c1nc(-c2ccc(Cl)cc2Cl)c(Cl)s1)C1CCCC1. The molecule has 0 bridgehead atoms. The summed E-state index contributed by atoms with van der Waals surface area (Å²) in [5.74, 6) is -0.813. The van der Waals surface area contributed by atoms with Gasteiger partial charge in [0.25, 0.3) is 0 Å². The van der Waals surface area contributed by atoms with Crippen LogP contribution in [0.4, 0.5) is 5.13 Å². The minimum absolute atomic E-state index is 0.0741. The zero-order chi connectivity index (χ0) is 18.0. The number of nitrogens with zero attached hydrogens (tertiary/aromatic N) is 2. The third-order valence-corrected chi connectivity index (χ3v) is 6.18. The molecule has 4 nitrogen and oxygen atoms in total. The number of halogens is 3. The highest BCUT2D eigenvalue weighted by Crippen LogP contribution is 2.41. The third-order valence-electron chi connectivity index (χ3n) is 4.34. The molecule has 134 valence electrons. The van der Waals surface area contributed by atoms with E-state index in [0.29, 0.717) is 32.7 Å². The standard InChI is InChI=1S/C17H17Cl3N2O2S/c18-10-5-6-12(13(19)9-10)15-16(20)25-17(21-15)22(8-7-14(23)24)11-3-1-2-4-11/h5-6,9,11H,1-4,7-8H2,(H,23,24). The van der Waals surface area contributed by atoms with E-state index >= 15 is 0 Å². The molecule has 1 saturated carbocycles. The number of benzene rings is 1. The van der Waals surface area contributed by atoms with E-state index in [9.17, 15) is 4.79 Å². The predicted molar refractivity (Wildman–Crippen MR) is 104 cm³/mol. The minimum Gasteiger partial charge on any atom is -0.481 e. The maximum atomic E-state index is 11.0. The highest BCUT2D eigenvalue weighted by Gasteiger charge is 2.27. The second-order valence-electron chi connectivity index (χ2n) is 6.02. The molecule has 0 unspecified atom stereocenters. The highest BCUT2D eigenvalue weighted by atomic mass is 35.5. The predicted octanol–water partition coefficient (Wildman–Crippen LogP) is 5.99. The minimum atomic E-state index is -0.813. The summed E-state index contributed by atoms with van der Waals surface area (Å²) in [4.78, 5) is 17.8. The van der Waals surface area contributed by atoms with E-state index in [1.54, 1.807) is 18.2 Å². The van der Waals surface area contributed by atoms with Gasteiger partial charge in [0, 0.05) is 23.2 Å². The first-order valence-corrected chi connectivity index (χ1v) is 10.0. The first-order valence-electron chi connectivity index (χ1n) is 8.06. The largest absolute Gasteiger partial charge is 0.481 e. The van der Waals surface area contributed by atoms with Crippen LogP contribution in [0.15, 0.2) is 18.2 Å². The van der Waals surface area contributed by atoms with Gasteiger partial charge in [0.15, 0.2) is 5.13 Å². The molecule has 1 aromatic carbocycles. The van der Waals surface area contributed by atoms with Crippen molar-refractivity contribution in [1.82, 2.24) is 4.98 Å². The molecule has 0 spiro atoms. The number of carbonyl (C=O) groups is 1. The Morgan fingerprint density at radius 1 is 1.28 bits per heavy atom. The van der Waals surface area contributed by atoms with Crippen LogP contribution in [0.25, 0.3) is 11.3 Å². The Morgan fingerprint density at radius 2 is 2.00 bits per heavy atom. The lowest BCUT2D eigenvalue weighted by Gasteiger charge is -2.27. The van der Waals surface area contributed by atoms with Gasteiger partial charge in [-0.25, -0.2) is 4.98 Å². The summed E-state index contributed by atoms with van der Waals surface area (Å²) in [6, 6.07) is 5.52. The summed E-state index contributed by atoms with van der Waals surface area (Å²) < 4.78 is 0.539. The fourth-order valence-corrected chi connectivity index (χ4v) is 4.88. The molecule has 1 fully saturated rings. The van der Waals surface area contributed by atoms with Crippen LogP contribution in [-0.4, -0.2) is 28.6 Å². The van der Waals surface area contributed by atoms with E-state index in [1.165, 1.54) is 11.3 Å². The van der Waals surface area contributed by atoms with Gasteiger partial charge in [-0.2, -0.15) is 0 Å². The molecule has 0 radical (unpaired) electrons. The van der Waals surface area contributed by atoms with Crippen molar-refractivity contribution in [3.63, 3.8) is 0 Å². The summed E-state index contributed by atoms with van der Waals surface area (Å²) >= 11 is 20.0. The maximum Gasteiger partial charge on any atom is 0.305 e. The van der Waals surface area contributed by atoms with Gasteiger partial charge in [0.1, 0.15) is 10.0 Å². The van der Waals surface area contributed by atoms with Gasteiger partial charge < -0.3 is 10.0 Å². The summed E-state index contributed by atoms with van der Waals surface area (Å²) in [6.07, 6.45) is 4.48. The zero-order valence-corrected chi connectivity index (χ0v) is 16.4. The maximum absolute atomic E-state index is 11.0. The number of anilines is 1. The summed E-state index contributed by atoms with van der Waals surface area (Å²) in [5.41, 5.74) is 1.34. The quantitative estimate of drug-likeness (QED) is 0.624. The van der Waals surface area contributed by atoms with Crippen molar-refractivity contribution in [2.24, 2.45) is 0 Å². The molecule has 1 heterocycles. The van der Waals surface area contributed by atoms with Crippen molar-refractivity contribution in [2.75, 3.05) is 11.4 Å². The molecule has 3 rings (SSSR count). The molecule has 0 atom stereocenters. The number of aromatic nitrogens is 1. The van der Waals surface area contributed by atoms with Gasteiger partial charge in [-0.05, 0) is 31.0 Å². The van der Waals surface area contributed by atoms with E-state index in [4.69, 9.17) is 39.9 Å². The van der Waals surface area contributed by atoms with Crippen LogP contribution in [0.3, 0.4) is 0 Å². The van der Waals surface area contributed by atoms with Crippen LogP contribution >= 0.6 is 46.1 Å². The molecule has 2 aromatic rings. The second kappa shape index (κ2) is 8.12. The monoisotopic (exact) mass is 418 g/mol. The van der Waals surface area contributed by atoms with Crippen molar-refractivity contribution >= 4 is 57.2 Å². The van der Waals surface area contributed by atoms with Crippen LogP contribution in [0.5, 0.6) is 0 Å². The van der Waals surface area contributed by atoms with Crippen LogP contribution in [0.2, 0.25) is 14.4 Å². The highest BCUT2D eigenvalue weighted by molar-refractivity contribution is 7.20. The van der Waals surface area contributed by atoms with E-state index in [2.05, 4.69) is 9.88 Å². The van der Waals surface area contributed by atoms with Crippen LogP contribution < -0.4 is 4.90 Å². The Kier molecular flexibility index (Phi) is 6.10. The number of carboxylic acids is 1. The number of hydrogen-bond donors (Lipinski definition) is 1. The summed E-state index contributed by atoms with van der Waals surface area (Å²) in [7, 11) is 0. The van der Waals surface area contributed by atoms with Gasteiger partial charge in [0.2, 0.25) is 0 Å². The molecule has 0 aliphatic heterocycles. The molecule has 1 N–H and O–H groups in total. The Hall–Kier alpha value is -1.01. The number of aliphatic carboxylic acids is 1. The molecule has 25 heavy (non-hydrogen) atoms. The molecule has 8 heteroatoms. The van der Waals surface area contributed by atoms with Gasteiger partial charge in [-0.3, -0.25) is 4.79 Å². The van der Waals surface area contributed by atoms with E-state index in [1.807, 2.05) is 0 Å². The van der Waals surface area contributed by atoms with Crippen molar-refractivity contribution in [1.29, 1.82) is 0 Å². The van der Waals surface area contributed by atoms with Crippen molar-refractivity contribution in [3.05, 3.63) is 32.6 Å². The molecular weight excluding hydrogens is 403 g/mol. The topological polar surface area (TPSA) is 53.4 Å². The van der Waals surface area contributed by atoms with E-state index in [-0.39, 0.29) is 6.42 Å². The van der Waals surface area contributed by atoms with Gasteiger partial charge in [-0.1, -0.05) is 59.0 Å². The molecular formula is C17H17Cl3N2O2S. The lowest BCUT2D eigenvalue weighted by Crippen LogP contribution is -2.35. The molecule has 1 aliphatic carbocycles. The first kappa shape index (κ1) is 18.8. The van der Waals surface area contributed by atoms with Crippen molar-refractivity contribution in [3.8, 4) is 11.3 Å². The number of carboxylic acid groups (broad SMARTS) is 1. The average molecular weight is 420 g/mol. The number of thiazole rings is 1. The lowest BCUT2D eigenvalue weighted by molar-refractivity contribution is -0.136. The fourth-order valence-electron chi connectivity index (χ4n) is 3.13. The van der Waals surface area contributed by atoms with Crippen LogP contribution in [-0.2, 0) is 4.79 Å². The molecule has 0 saturated heterocycles. The number of rotatable bonds is 6. The Bertz CT molecular complexity index is 775. The normalized spacial score (nSPS) is 14.8. The van der Waals surface area contributed by atoms with Crippen molar-refractivity contribution < 1.29 is 9.90 Å². The summed E-state index contributed by atoms with van der Waals surface area (Å²) in [6.45, 7) is 0.428. The first-order chi connectivity index (χ1) is 12.0. The fraction of sp³-hybridized carbons (Fsp3) is 0.412. The van der Waals surface area contributed by atoms with E-state index < -0.39 is 5.97 Å². The summed E-state index contributed by atoms with van der Waals surface area (Å²) in [5, 5.41) is 10.8. The van der Waals surface area contributed by atoms with Gasteiger partial charge in [0.05, 0.1) is 11.4 Å². The smallest absolute Gasteiger partial charge is 0.305 e. The molecule has 1 aromatic heterocycles. The van der Waals surface area contributed by atoms with Crippen LogP contribution in [0, 0.1) is 0 Å². The number of hydrogen-bond acceptors (Lipinski definition) is 4. The second-order valence-corrected chi connectivity index (χ2v) is 8.44. The zero-order valence-electron chi connectivity index (χ0n) is 13.3. The third kappa shape index (κ3) is 4.40. The Morgan fingerprint density at radius 3 is 2.64 bits per heavy atom.